The molecular formula is C20H18N2O4. The summed E-state index contributed by atoms with van der Waals surface area (Å²) in [6.07, 6.45) is 0. The second-order valence-electron chi connectivity index (χ2n) is 6.11. The molecule has 0 aromatic heterocycles. The molecule has 26 heavy (non-hydrogen) atoms. The Morgan fingerprint density at radius 3 is 2.00 bits per heavy atom. The third kappa shape index (κ3) is 3.39. The standard InChI is InChI=1S/C20H18N2O4/c1-13(23)21-11-18(24)17(14-7-3-2-4-8-14)12-22-19(25)15-9-5-6-10-16(15)20(22)26/h2-10,17H,11-12H2,1H3,(H,21,23). The molecule has 1 N–H and O–H groups in total. The van der Waals surface area contributed by atoms with Crippen molar-refractivity contribution in [2.75, 3.05) is 13.1 Å². The molecule has 132 valence electrons. The topological polar surface area (TPSA) is 83.6 Å². The van der Waals surface area contributed by atoms with Crippen molar-refractivity contribution in [3.63, 3.8) is 0 Å². The molecule has 0 saturated carbocycles. The van der Waals surface area contributed by atoms with Gasteiger partial charge in [-0.1, -0.05) is 42.5 Å². The summed E-state index contributed by atoms with van der Waals surface area (Å²) in [4.78, 5) is 50.1. The molecule has 1 atom stereocenters. The van der Waals surface area contributed by atoms with Crippen LogP contribution < -0.4 is 5.32 Å². The summed E-state index contributed by atoms with van der Waals surface area (Å²) in [6, 6.07) is 15.5. The van der Waals surface area contributed by atoms with Gasteiger partial charge in [0.05, 0.1) is 23.6 Å². The van der Waals surface area contributed by atoms with Gasteiger partial charge in [-0.05, 0) is 17.7 Å². The molecule has 0 radical (unpaired) electrons. The van der Waals surface area contributed by atoms with Gasteiger partial charge in [0.2, 0.25) is 5.91 Å². The number of imide groups is 1. The molecule has 2 aromatic rings. The number of carbonyl (C=O) groups is 4. The number of Topliss-reactive ketones (excluding diaryl/α,β-unsaturated/α-hetero) is 1. The quantitative estimate of drug-likeness (QED) is 0.805. The first-order valence-corrected chi connectivity index (χ1v) is 8.26. The Kier molecular flexibility index (Phi) is 4.93. The Morgan fingerprint density at radius 2 is 1.46 bits per heavy atom. The van der Waals surface area contributed by atoms with E-state index in [0.717, 1.165) is 4.90 Å². The number of amides is 3. The minimum absolute atomic E-state index is 0.0607. The van der Waals surface area contributed by atoms with Crippen LogP contribution in [-0.4, -0.2) is 41.5 Å². The van der Waals surface area contributed by atoms with Crippen LogP contribution in [0.4, 0.5) is 0 Å². The highest BCUT2D eigenvalue weighted by molar-refractivity contribution is 6.21. The maximum absolute atomic E-state index is 12.7. The largest absolute Gasteiger partial charge is 0.349 e. The Hall–Kier alpha value is -3.28. The van der Waals surface area contributed by atoms with E-state index in [-0.39, 0.29) is 24.8 Å². The fraction of sp³-hybridized carbons (Fsp3) is 0.200. The molecule has 0 aliphatic carbocycles. The number of fused-ring (bicyclic) bond motifs is 1. The molecule has 0 bridgehead atoms. The molecule has 1 aliphatic rings. The molecule has 2 aromatic carbocycles. The highest BCUT2D eigenvalue weighted by Gasteiger charge is 2.38. The lowest BCUT2D eigenvalue weighted by Crippen LogP contribution is -2.39. The summed E-state index contributed by atoms with van der Waals surface area (Å²) in [5.74, 6) is -2.09. The lowest BCUT2D eigenvalue weighted by Gasteiger charge is -2.22. The van der Waals surface area contributed by atoms with Crippen LogP contribution in [0.5, 0.6) is 0 Å². The number of hydrogen-bond donors (Lipinski definition) is 1. The van der Waals surface area contributed by atoms with Gasteiger partial charge in [-0.25, -0.2) is 0 Å². The minimum Gasteiger partial charge on any atom is -0.349 e. The molecule has 0 saturated heterocycles. The lowest BCUT2D eigenvalue weighted by atomic mass is 9.94. The van der Waals surface area contributed by atoms with Gasteiger partial charge in [-0.3, -0.25) is 24.1 Å². The summed E-state index contributed by atoms with van der Waals surface area (Å²) >= 11 is 0. The number of ketones is 1. The van der Waals surface area contributed by atoms with E-state index in [2.05, 4.69) is 5.32 Å². The SMILES string of the molecule is CC(=O)NCC(=O)C(CN1C(=O)c2ccccc2C1=O)c1ccccc1. The predicted molar refractivity (Wildman–Crippen MR) is 94.7 cm³/mol. The molecule has 6 heteroatoms. The molecule has 1 heterocycles. The maximum atomic E-state index is 12.7. The molecule has 1 aliphatic heterocycles. The fourth-order valence-electron chi connectivity index (χ4n) is 3.00. The smallest absolute Gasteiger partial charge is 0.261 e. The van der Waals surface area contributed by atoms with Crippen molar-refractivity contribution in [2.24, 2.45) is 0 Å². The summed E-state index contributed by atoms with van der Waals surface area (Å²) in [6.45, 7) is 1.11. The van der Waals surface area contributed by atoms with Crippen LogP contribution in [0.15, 0.2) is 54.6 Å². The van der Waals surface area contributed by atoms with Crippen molar-refractivity contribution in [3.8, 4) is 0 Å². The Labute approximate surface area is 150 Å². The number of nitrogens with one attached hydrogen (secondary N) is 1. The van der Waals surface area contributed by atoms with Gasteiger partial charge in [0, 0.05) is 13.5 Å². The van der Waals surface area contributed by atoms with Crippen LogP contribution in [0.3, 0.4) is 0 Å². The van der Waals surface area contributed by atoms with E-state index in [0.29, 0.717) is 16.7 Å². The van der Waals surface area contributed by atoms with Crippen LogP contribution in [0, 0.1) is 0 Å². The van der Waals surface area contributed by atoms with Crippen LogP contribution >= 0.6 is 0 Å². The third-order valence-corrected chi connectivity index (χ3v) is 4.35. The van der Waals surface area contributed by atoms with Gasteiger partial charge < -0.3 is 5.32 Å². The van der Waals surface area contributed by atoms with Crippen LogP contribution in [0.1, 0.15) is 39.1 Å². The lowest BCUT2D eigenvalue weighted by molar-refractivity contribution is -0.124. The van der Waals surface area contributed by atoms with Crippen molar-refractivity contribution in [1.82, 2.24) is 10.2 Å². The number of carbonyl (C=O) groups excluding carboxylic acids is 4. The fourth-order valence-corrected chi connectivity index (χ4v) is 3.00. The first-order chi connectivity index (χ1) is 12.5. The van der Waals surface area contributed by atoms with Gasteiger partial charge in [0.25, 0.3) is 11.8 Å². The first-order valence-electron chi connectivity index (χ1n) is 8.26. The third-order valence-electron chi connectivity index (χ3n) is 4.35. The average molecular weight is 350 g/mol. The van der Waals surface area contributed by atoms with Crippen molar-refractivity contribution in [1.29, 1.82) is 0 Å². The highest BCUT2D eigenvalue weighted by atomic mass is 16.2. The number of hydrogen-bond acceptors (Lipinski definition) is 4. The number of rotatable bonds is 6. The zero-order valence-electron chi connectivity index (χ0n) is 14.3. The van der Waals surface area contributed by atoms with Crippen LogP contribution in [0.2, 0.25) is 0 Å². The molecule has 0 spiro atoms. The zero-order valence-corrected chi connectivity index (χ0v) is 14.3. The monoisotopic (exact) mass is 350 g/mol. The highest BCUT2D eigenvalue weighted by Crippen LogP contribution is 2.26. The zero-order chi connectivity index (χ0) is 18.7. The van der Waals surface area contributed by atoms with Gasteiger partial charge >= 0.3 is 0 Å². The summed E-state index contributed by atoms with van der Waals surface area (Å²) in [7, 11) is 0. The van der Waals surface area contributed by atoms with Crippen molar-refractivity contribution in [2.45, 2.75) is 12.8 Å². The van der Waals surface area contributed by atoms with Crippen molar-refractivity contribution < 1.29 is 19.2 Å². The van der Waals surface area contributed by atoms with Gasteiger partial charge in [-0.2, -0.15) is 0 Å². The van der Waals surface area contributed by atoms with Crippen LogP contribution in [-0.2, 0) is 9.59 Å². The second kappa shape index (κ2) is 7.31. The maximum Gasteiger partial charge on any atom is 0.261 e. The van der Waals surface area contributed by atoms with Crippen molar-refractivity contribution >= 4 is 23.5 Å². The van der Waals surface area contributed by atoms with E-state index in [1.807, 2.05) is 6.07 Å². The summed E-state index contributed by atoms with van der Waals surface area (Å²) in [5.41, 5.74) is 1.39. The van der Waals surface area contributed by atoms with Gasteiger partial charge in [0.15, 0.2) is 5.78 Å². The Bertz CT molecular complexity index is 841. The number of nitrogens with zero attached hydrogens (tertiary/aromatic N) is 1. The molecule has 1 unspecified atom stereocenters. The Morgan fingerprint density at radius 1 is 0.923 bits per heavy atom. The van der Waals surface area contributed by atoms with E-state index >= 15 is 0 Å². The van der Waals surface area contributed by atoms with Crippen molar-refractivity contribution in [3.05, 3.63) is 71.3 Å². The van der Waals surface area contributed by atoms with E-state index in [1.165, 1.54) is 6.92 Å². The Balaban J connectivity index is 1.87. The summed E-state index contributed by atoms with van der Waals surface area (Å²) < 4.78 is 0. The van der Waals surface area contributed by atoms with Crippen LogP contribution in [0.25, 0.3) is 0 Å². The van der Waals surface area contributed by atoms with Gasteiger partial charge in [-0.15, -0.1) is 0 Å². The molecule has 3 amide bonds. The number of benzene rings is 2. The van der Waals surface area contributed by atoms with Gasteiger partial charge in [0.1, 0.15) is 0 Å². The minimum atomic E-state index is -0.703. The average Bonchev–Trinajstić information content (AvgIpc) is 2.89. The molecule has 0 fully saturated rings. The molecule has 6 nitrogen and oxygen atoms in total. The summed E-state index contributed by atoms with van der Waals surface area (Å²) in [5, 5.41) is 2.48. The van der Waals surface area contributed by atoms with E-state index in [4.69, 9.17) is 0 Å². The van der Waals surface area contributed by atoms with E-state index in [1.54, 1.807) is 48.5 Å². The molecular weight excluding hydrogens is 332 g/mol. The molecule has 3 rings (SSSR count). The first kappa shape index (κ1) is 17.5. The second-order valence-corrected chi connectivity index (χ2v) is 6.11. The van der Waals surface area contributed by atoms with E-state index in [9.17, 15) is 19.2 Å². The van der Waals surface area contributed by atoms with E-state index < -0.39 is 17.7 Å². The predicted octanol–water partition coefficient (Wildman–Crippen LogP) is 1.77. The normalized spacial score (nSPS) is 14.1.